The van der Waals surface area contributed by atoms with E-state index in [1.165, 1.54) is 32.1 Å². The van der Waals surface area contributed by atoms with Crippen LogP contribution in [0.1, 0.15) is 44.9 Å². The minimum absolute atomic E-state index is 0.232. The first kappa shape index (κ1) is 10.0. The Bertz CT molecular complexity index is 110. The van der Waals surface area contributed by atoms with Crippen molar-refractivity contribution in [3.8, 4) is 0 Å². The van der Waals surface area contributed by atoms with Gasteiger partial charge in [-0.3, -0.25) is 0 Å². The molecule has 0 heterocycles. The van der Waals surface area contributed by atoms with Gasteiger partial charge in [0.25, 0.3) is 0 Å². The Morgan fingerprint density at radius 1 is 1.25 bits per heavy atom. The molecule has 0 aromatic carbocycles. The normalized spacial score (nSPS) is 21.5. The van der Waals surface area contributed by atoms with E-state index >= 15 is 0 Å². The minimum Gasteiger partial charge on any atom is -0.396 e. The number of aliphatic hydroxyl groups excluding tert-OH is 1. The summed E-state index contributed by atoms with van der Waals surface area (Å²) in [5.41, 5.74) is 5.80. The summed E-state index contributed by atoms with van der Waals surface area (Å²) >= 11 is 0. The summed E-state index contributed by atoms with van der Waals surface area (Å²) in [6.07, 6.45) is 8.80. The van der Waals surface area contributed by atoms with Crippen molar-refractivity contribution >= 4 is 0 Å². The van der Waals surface area contributed by atoms with E-state index in [-0.39, 0.29) is 12.6 Å². The predicted molar refractivity (Wildman–Crippen MR) is 50.9 cm³/mol. The quantitative estimate of drug-likeness (QED) is 0.661. The second-order valence-corrected chi connectivity index (χ2v) is 4.00. The lowest BCUT2D eigenvalue weighted by molar-refractivity contribution is 0.269. The Kier molecular flexibility index (Phi) is 4.62. The second-order valence-electron chi connectivity index (χ2n) is 4.00. The van der Waals surface area contributed by atoms with Crippen molar-refractivity contribution in [1.82, 2.24) is 0 Å². The van der Waals surface area contributed by atoms with E-state index in [1.807, 2.05) is 0 Å². The van der Waals surface area contributed by atoms with E-state index in [0.29, 0.717) is 0 Å². The molecule has 12 heavy (non-hydrogen) atoms. The molecule has 72 valence electrons. The maximum absolute atomic E-state index is 8.65. The smallest absolute Gasteiger partial charge is 0.0445 e. The zero-order chi connectivity index (χ0) is 8.81. The van der Waals surface area contributed by atoms with E-state index in [1.54, 1.807) is 0 Å². The molecule has 3 N–H and O–H groups in total. The highest BCUT2D eigenvalue weighted by molar-refractivity contribution is 4.70. The van der Waals surface area contributed by atoms with Gasteiger partial charge in [-0.15, -0.1) is 0 Å². The van der Waals surface area contributed by atoms with E-state index < -0.39 is 0 Å². The fraction of sp³-hybridized carbons (Fsp3) is 1.00. The molecule has 1 rings (SSSR count). The summed E-state index contributed by atoms with van der Waals surface area (Å²) in [5.74, 6) is 0.940. The Morgan fingerprint density at radius 3 is 2.50 bits per heavy atom. The fourth-order valence-electron chi connectivity index (χ4n) is 2.06. The van der Waals surface area contributed by atoms with Crippen LogP contribution in [0.25, 0.3) is 0 Å². The van der Waals surface area contributed by atoms with Crippen molar-refractivity contribution in [2.75, 3.05) is 6.61 Å². The molecule has 2 nitrogen and oxygen atoms in total. The van der Waals surface area contributed by atoms with Gasteiger partial charge in [0.1, 0.15) is 0 Å². The third-order valence-corrected chi connectivity index (χ3v) is 2.92. The van der Waals surface area contributed by atoms with Crippen LogP contribution in [0.2, 0.25) is 0 Å². The zero-order valence-electron chi connectivity index (χ0n) is 7.84. The SMILES string of the molecule is NC(CCO)CCC1CCCC1. The van der Waals surface area contributed by atoms with Gasteiger partial charge in [-0.25, -0.2) is 0 Å². The molecule has 1 fully saturated rings. The number of aliphatic hydroxyl groups is 1. The van der Waals surface area contributed by atoms with E-state index in [4.69, 9.17) is 10.8 Å². The third kappa shape index (κ3) is 3.55. The first-order valence-electron chi connectivity index (χ1n) is 5.19. The summed E-state index contributed by atoms with van der Waals surface area (Å²) in [6, 6.07) is 0.232. The molecule has 2 heteroatoms. The van der Waals surface area contributed by atoms with E-state index in [0.717, 1.165) is 18.8 Å². The lowest BCUT2D eigenvalue weighted by Crippen LogP contribution is -2.21. The van der Waals surface area contributed by atoms with Crippen LogP contribution in [-0.2, 0) is 0 Å². The Morgan fingerprint density at radius 2 is 1.92 bits per heavy atom. The van der Waals surface area contributed by atoms with Crippen LogP contribution in [0.3, 0.4) is 0 Å². The van der Waals surface area contributed by atoms with Crippen LogP contribution in [0, 0.1) is 5.92 Å². The lowest BCUT2D eigenvalue weighted by Gasteiger charge is -2.13. The van der Waals surface area contributed by atoms with Crippen molar-refractivity contribution in [3.63, 3.8) is 0 Å². The van der Waals surface area contributed by atoms with Crippen LogP contribution in [0.5, 0.6) is 0 Å². The van der Waals surface area contributed by atoms with Gasteiger partial charge in [0.05, 0.1) is 0 Å². The van der Waals surface area contributed by atoms with Crippen molar-refractivity contribution in [1.29, 1.82) is 0 Å². The average Bonchev–Trinajstić information content (AvgIpc) is 2.53. The van der Waals surface area contributed by atoms with Gasteiger partial charge >= 0.3 is 0 Å². The monoisotopic (exact) mass is 171 g/mol. The van der Waals surface area contributed by atoms with Crippen molar-refractivity contribution in [2.45, 2.75) is 51.0 Å². The third-order valence-electron chi connectivity index (χ3n) is 2.92. The lowest BCUT2D eigenvalue weighted by atomic mass is 9.98. The van der Waals surface area contributed by atoms with Gasteiger partial charge in [0, 0.05) is 12.6 Å². The summed E-state index contributed by atoms with van der Waals surface area (Å²) in [5, 5.41) is 8.65. The van der Waals surface area contributed by atoms with Gasteiger partial charge in [-0.1, -0.05) is 25.7 Å². The molecule has 0 aliphatic heterocycles. The van der Waals surface area contributed by atoms with E-state index in [2.05, 4.69) is 0 Å². The van der Waals surface area contributed by atoms with Crippen molar-refractivity contribution in [3.05, 3.63) is 0 Å². The van der Waals surface area contributed by atoms with Crippen molar-refractivity contribution < 1.29 is 5.11 Å². The molecule has 0 aromatic rings. The van der Waals surface area contributed by atoms with Gasteiger partial charge < -0.3 is 10.8 Å². The molecule has 1 aliphatic carbocycles. The molecule has 0 radical (unpaired) electrons. The van der Waals surface area contributed by atoms with Crippen LogP contribution in [0.15, 0.2) is 0 Å². The Hall–Kier alpha value is -0.0800. The maximum Gasteiger partial charge on any atom is 0.0445 e. The summed E-state index contributed by atoms with van der Waals surface area (Å²) < 4.78 is 0. The standard InChI is InChI=1S/C10H21NO/c11-10(7-8-12)6-5-9-3-1-2-4-9/h9-10,12H,1-8,11H2. The maximum atomic E-state index is 8.65. The van der Waals surface area contributed by atoms with Crippen LogP contribution < -0.4 is 5.73 Å². The Balaban J connectivity index is 1.99. The molecule has 1 unspecified atom stereocenters. The van der Waals surface area contributed by atoms with Crippen molar-refractivity contribution in [2.24, 2.45) is 11.7 Å². The van der Waals surface area contributed by atoms with Gasteiger partial charge in [0.15, 0.2) is 0 Å². The molecule has 0 saturated heterocycles. The molecule has 1 atom stereocenters. The molecule has 0 bridgehead atoms. The topological polar surface area (TPSA) is 46.2 Å². The summed E-state index contributed by atoms with van der Waals surface area (Å²) in [4.78, 5) is 0. The molecule has 1 saturated carbocycles. The Labute approximate surface area is 75.2 Å². The minimum atomic E-state index is 0.232. The summed E-state index contributed by atoms with van der Waals surface area (Å²) in [7, 11) is 0. The van der Waals surface area contributed by atoms with E-state index in [9.17, 15) is 0 Å². The highest BCUT2D eigenvalue weighted by Gasteiger charge is 2.15. The zero-order valence-corrected chi connectivity index (χ0v) is 7.84. The molecular formula is C10H21NO. The highest BCUT2D eigenvalue weighted by Crippen LogP contribution is 2.28. The first-order chi connectivity index (χ1) is 5.83. The van der Waals surface area contributed by atoms with Crippen LogP contribution in [-0.4, -0.2) is 17.8 Å². The molecular weight excluding hydrogens is 150 g/mol. The van der Waals surface area contributed by atoms with Gasteiger partial charge in [-0.2, -0.15) is 0 Å². The molecule has 0 aromatic heterocycles. The van der Waals surface area contributed by atoms with Gasteiger partial charge in [-0.05, 0) is 25.2 Å². The molecule has 0 spiro atoms. The predicted octanol–water partition coefficient (Wildman–Crippen LogP) is 1.67. The second kappa shape index (κ2) is 5.55. The number of hydrogen-bond acceptors (Lipinski definition) is 2. The molecule has 0 amide bonds. The molecule has 1 aliphatic rings. The number of hydrogen-bond donors (Lipinski definition) is 2. The number of nitrogens with two attached hydrogens (primary N) is 1. The number of rotatable bonds is 5. The average molecular weight is 171 g/mol. The van der Waals surface area contributed by atoms with Gasteiger partial charge in [0.2, 0.25) is 0 Å². The van der Waals surface area contributed by atoms with Crippen LogP contribution in [0.4, 0.5) is 0 Å². The summed E-state index contributed by atoms with van der Waals surface area (Å²) in [6.45, 7) is 0.242. The first-order valence-corrected chi connectivity index (χ1v) is 5.19. The largest absolute Gasteiger partial charge is 0.396 e. The highest BCUT2D eigenvalue weighted by atomic mass is 16.3. The fourth-order valence-corrected chi connectivity index (χ4v) is 2.06. The van der Waals surface area contributed by atoms with Crippen LogP contribution >= 0.6 is 0 Å².